The van der Waals surface area contributed by atoms with Crippen LogP contribution in [0.15, 0.2) is 30.3 Å². The van der Waals surface area contributed by atoms with E-state index in [1.165, 1.54) is 51.4 Å². The Hall–Kier alpha value is -1.85. The van der Waals surface area contributed by atoms with Gasteiger partial charge in [-0.2, -0.15) is 4.73 Å². The number of hydrogen-bond donors (Lipinski definition) is 1. The largest absolute Gasteiger partial charge is 0.618 e. The molecule has 5 heteroatoms. The summed E-state index contributed by atoms with van der Waals surface area (Å²) in [4.78, 5) is 0. The molecular formula is C25H37NO4. The molecule has 3 rings (SSSR count). The number of aryl methyl sites for hydroxylation is 1. The average molecular weight is 416 g/mol. The molecule has 0 radical (unpaired) electrons. The van der Waals surface area contributed by atoms with Gasteiger partial charge >= 0.3 is 0 Å². The first kappa shape index (κ1) is 22.8. The number of fused-ring (bicyclic) bond motifs is 1. The highest BCUT2D eigenvalue weighted by atomic mass is 16.7. The first-order chi connectivity index (χ1) is 14.8. The molecule has 1 saturated heterocycles. The number of aromatic nitrogens is 1. The van der Waals surface area contributed by atoms with Crippen molar-refractivity contribution in [1.82, 2.24) is 0 Å². The van der Waals surface area contributed by atoms with Gasteiger partial charge in [-0.25, -0.2) is 0 Å². The van der Waals surface area contributed by atoms with Gasteiger partial charge in [0.25, 0.3) is 0 Å². The maximum absolute atomic E-state index is 12.5. The minimum Gasteiger partial charge on any atom is -0.618 e. The summed E-state index contributed by atoms with van der Waals surface area (Å²) in [6, 6.07) is 8.84. The average Bonchev–Trinajstić information content (AvgIpc) is 2.78. The van der Waals surface area contributed by atoms with E-state index in [1.54, 1.807) is 18.2 Å². The summed E-state index contributed by atoms with van der Waals surface area (Å²) in [5.41, 5.74) is 1.20. The van der Waals surface area contributed by atoms with Crippen LogP contribution in [0.4, 0.5) is 0 Å². The molecule has 1 aliphatic heterocycles. The third-order valence-electron chi connectivity index (χ3n) is 5.98. The van der Waals surface area contributed by atoms with E-state index in [2.05, 4.69) is 0 Å². The second kappa shape index (κ2) is 12.8. The lowest BCUT2D eigenvalue weighted by atomic mass is 10.0. The van der Waals surface area contributed by atoms with E-state index < -0.39 is 0 Å². The van der Waals surface area contributed by atoms with E-state index in [-0.39, 0.29) is 12.0 Å². The zero-order valence-electron chi connectivity index (χ0n) is 18.2. The van der Waals surface area contributed by atoms with Crippen LogP contribution in [0.2, 0.25) is 0 Å². The molecule has 2 heterocycles. The van der Waals surface area contributed by atoms with Crippen LogP contribution in [0.3, 0.4) is 0 Å². The van der Waals surface area contributed by atoms with E-state index in [0.29, 0.717) is 23.0 Å². The normalized spacial score (nSPS) is 16.9. The Morgan fingerprint density at radius 3 is 2.40 bits per heavy atom. The van der Waals surface area contributed by atoms with Gasteiger partial charge in [-0.15, -0.1) is 0 Å². The SMILES string of the molecule is [O-][n+]1c(CCCCCCCCCCCOC2CCCCO2)cc(O)c2ccccc21. The Bertz CT molecular complexity index is 758. The molecule has 5 nitrogen and oxygen atoms in total. The predicted octanol–water partition coefficient (Wildman–Crippen LogP) is 5.78. The van der Waals surface area contributed by atoms with E-state index in [0.717, 1.165) is 43.6 Å². The molecule has 1 aromatic carbocycles. The standard InChI is InChI=1S/C25H37NO4/c27-24-20-21(26(28)23-16-10-9-15-22(23)24)14-8-6-4-2-1-3-5-7-12-18-29-25-17-11-13-19-30-25/h9-10,15-16,20,25,27H,1-8,11-14,17-19H2. The zero-order valence-corrected chi connectivity index (χ0v) is 18.2. The number of pyridine rings is 1. The van der Waals surface area contributed by atoms with Crippen LogP contribution < -0.4 is 4.73 Å². The van der Waals surface area contributed by atoms with Gasteiger partial charge in [-0.3, -0.25) is 0 Å². The Labute approximate surface area is 180 Å². The van der Waals surface area contributed by atoms with Crippen LogP contribution in [0.1, 0.15) is 82.7 Å². The molecular weight excluding hydrogens is 378 g/mol. The second-order valence-electron chi connectivity index (χ2n) is 8.43. The van der Waals surface area contributed by atoms with E-state index in [4.69, 9.17) is 9.47 Å². The fourth-order valence-electron chi connectivity index (χ4n) is 4.19. The Kier molecular flexibility index (Phi) is 9.71. The molecule has 1 unspecified atom stereocenters. The van der Waals surface area contributed by atoms with Crippen LogP contribution in [0.25, 0.3) is 10.9 Å². The minimum absolute atomic E-state index is 0.0495. The van der Waals surface area contributed by atoms with Gasteiger partial charge in [0.05, 0.1) is 5.39 Å². The Morgan fingerprint density at radius 2 is 1.67 bits per heavy atom. The maximum atomic E-state index is 12.5. The molecule has 0 aliphatic carbocycles. The van der Waals surface area contributed by atoms with Gasteiger partial charge in [0.2, 0.25) is 5.52 Å². The van der Waals surface area contributed by atoms with Crippen molar-refractivity contribution in [3.8, 4) is 5.75 Å². The highest BCUT2D eigenvalue weighted by Gasteiger charge is 2.14. The van der Waals surface area contributed by atoms with Crippen molar-refractivity contribution < 1.29 is 19.3 Å². The zero-order chi connectivity index (χ0) is 21.0. The molecule has 0 amide bonds. The summed E-state index contributed by atoms with van der Waals surface area (Å²) in [5, 5.41) is 23.2. The maximum Gasteiger partial charge on any atom is 0.227 e. The molecule has 0 spiro atoms. The van der Waals surface area contributed by atoms with Crippen LogP contribution in [-0.4, -0.2) is 24.6 Å². The van der Waals surface area contributed by atoms with Crippen molar-refractivity contribution in [1.29, 1.82) is 0 Å². The van der Waals surface area contributed by atoms with Crippen molar-refractivity contribution in [2.75, 3.05) is 13.2 Å². The first-order valence-electron chi connectivity index (χ1n) is 11.8. The van der Waals surface area contributed by atoms with Crippen molar-refractivity contribution in [3.05, 3.63) is 41.2 Å². The molecule has 1 N–H and O–H groups in total. The molecule has 0 saturated carbocycles. The van der Waals surface area contributed by atoms with Crippen LogP contribution >= 0.6 is 0 Å². The van der Waals surface area contributed by atoms with Crippen molar-refractivity contribution in [2.45, 2.75) is 89.8 Å². The minimum atomic E-state index is 0.0495. The lowest BCUT2D eigenvalue weighted by Crippen LogP contribution is -2.32. The fourth-order valence-corrected chi connectivity index (χ4v) is 4.19. The number of nitrogens with zero attached hydrogens (tertiary/aromatic N) is 1. The Balaban J connectivity index is 1.19. The van der Waals surface area contributed by atoms with Crippen molar-refractivity contribution in [2.24, 2.45) is 0 Å². The summed E-state index contributed by atoms with van der Waals surface area (Å²) in [5.74, 6) is 0.198. The molecule has 2 aromatic rings. The van der Waals surface area contributed by atoms with E-state index in [1.807, 2.05) is 12.1 Å². The molecule has 1 fully saturated rings. The van der Waals surface area contributed by atoms with E-state index >= 15 is 0 Å². The molecule has 30 heavy (non-hydrogen) atoms. The molecule has 1 aromatic heterocycles. The number of unbranched alkanes of at least 4 members (excludes halogenated alkanes) is 8. The monoisotopic (exact) mass is 415 g/mol. The van der Waals surface area contributed by atoms with E-state index in [9.17, 15) is 10.3 Å². The number of para-hydroxylation sites is 1. The third-order valence-corrected chi connectivity index (χ3v) is 5.98. The van der Waals surface area contributed by atoms with Crippen molar-refractivity contribution >= 4 is 10.9 Å². The van der Waals surface area contributed by atoms with Gasteiger partial charge in [-0.05, 0) is 38.2 Å². The summed E-state index contributed by atoms with van der Waals surface area (Å²) >= 11 is 0. The Morgan fingerprint density at radius 1 is 0.967 bits per heavy atom. The topological polar surface area (TPSA) is 65.6 Å². The second-order valence-corrected chi connectivity index (χ2v) is 8.43. The van der Waals surface area contributed by atoms with Crippen molar-refractivity contribution in [3.63, 3.8) is 0 Å². The summed E-state index contributed by atoms with van der Waals surface area (Å²) < 4.78 is 12.3. The molecule has 1 aliphatic rings. The lowest BCUT2D eigenvalue weighted by molar-refractivity contribution is -0.586. The number of aromatic hydroxyl groups is 1. The fraction of sp³-hybridized carbons (Fsp3) is 0.640. The lowest BCUT2D eigenvalue weighted by Gasteiger charge is -2.22. The summed E-state index contributed by atoms with van der Waals surface area (Å²) in [6.45, 7) is 1.68. The van der Waals surface area contributed by atoms with Gasteiger partial charge in [-0.1, -0.05) is 57.1 Å². The molecule has 0 bridgehead atoms. The van der Waals surface area contributed by atoms with Gasteiger partial charge in [0.1, 0.15) is 5.75 Å². The quantitative estimate of drug-likeness (QED) is 0.256. The number of rotatable bonds is 13. The number of hydrogen-bond acceptors (Lipinski definition) is 4. The third kappa shape index (κ3) is 7.13. The summed E-state index contributed by atoms with van der Waals surface area (Å²) in [6.07, 6.45) is 15.0. The van der Waals surface area contributed by atoms with Gasteiger partial charge in [0.15, 0.2) is 12.0 Å². The predicted molar refractivity (Wildman–Crippen MR) is 119 cm³/mol. The molecule has 1 atom stereocenters. The first-order valence-corrected chi connectivity index (χ1v) is 11.8. The number of ether oxygens (including phenoxy) is 2. The van der Waals surface area contributed by atoms with Crippen LogP contribution in [0.5, 0.6) is 5.75 Å². The highest BCUT2D eigenvalue weighted by molar-refractivity contribution is 5.82. The van der Waals surface area contributed by atoms with Crippen LogP contribution in [-0.2, 0) is 15.9 Å². The van der Waals surface area contributed by atoms with Gasteiger partial charge in [0, 0.05) is 31.8 Å². The summed E-state index contributed by atoms with van der Waals surface area (Å²) in [7, 11) is 0. The highest BCUT2D eigenvalue weighted by Crippen LogP contribution is 2.23. The van der Waals surface area contributed by atoms with Crippen LogP contribution in [0, 0.1) is 5.21 Å². The number of benzene rings is 1. The molecule has 166 valence electrons. The smallest absolute Gasteiger partial charge is 0.227 e. The van der Waals surface area contributed by atoms with Gasteiger partial charge < -0.3 is 19.8 Å².